The molecule has 0 heterocycles. The summed E-state index contributed by atoms with van der Waals surface area (Å²) in [6.07, 6.45) is -0.595. The van der Waals surface area contributed by atoms with E-state index in [2.05, 4.69) is 55.2 Å². The lowest BCUT2D eigenvalue weighted by atomic mass is 9.93. The SMILES string of the molecule is COc1ccc(CNCC(C)(C)CN(C)C)cc1OC[C@H](O)CN(C)Cc1ccccc1. The molecule has 0 fully saturated rings. The third-order valence-corrected chi connectivity index (χ3v) is 5.15. The van der Waals surface area contributed by atoms with Gasteiger partial charge < -0.3 is 24.8 Å². The van der Waals surface area contributed by atoms with Gasteiger partial charge in [-0.1, -0.05) is 50.2 Å². The van der Waals surface area contributed by atoms with E-state index in [0.29, 0.717) is 18.0 Å². The minimum absolute atomic E-state index is 0.186. The van der Waals surface area contributed by atoms with Gasteiger partial charge in [0.05, 0.1) is 7.11 Å². The van der Waals surface area contributed by atoms with Crippen molar-refractivity contribution in [1.82, 2.24) is 15.1 Å². The van der Waals surface area contributed by atoms with Crippen LogP contribution in [0.4, 0.5) is 0 Å². The van der Waals surface area contributed by atoms with Crippen molar-refractivity contribution in [3.05, 3.63) is 59.7 Å². The molecular formula is C26H41N3O3. The third kappa shape index (κ3) is 9.57. The number of hydrogen-bond donors (Lipinski definition) is 2. The minimum Gasteiger partial charge on any atom is -0.493 e. The van der Waals surface area contributed by atoms with Gasteiger partial charge >= 0.3 is 0 Å². The summed E-state index contributed by atoms with van der Waals surface area (Å²) in [5.41, 5.74) is 2.53. The Morgan fingerprint density at radius 3 is 2.38 bits per heavy atom. The number of nitrogens with zero attached hydrogens (tertiary/aromatic N) is 2. The van der Waals surface area contributed by atoms with Gasteiger partial charge in [-0.2, -0.15) is 0 Å². The molecule has 0 saturated carbocycles. The van der Waals surface area contributed by atoms with E-state index in [9.17, 15) is 5.11 Å². The smallest absolute Gasteiger partial charge is 0.161 e. The van der Waals surface area contributed by atoms with Crippen LogP contribution in [-0.4, -0.2) is 75.5 Å². The van der Waals surface area contributed by atoms with E-state index in [-0.39, 0.29) is 12.0 Å². The van der Waals surface area contributed by atoms with Gasteiger partial charge in [-0.3, -0.25) is 4.90 Å². The normalized spacial score (nSPS) is 12.9. The standard InChI is InChI=1S/C26H41N3O3/c1-26(2,20-28(3)4)19-27-15-22-12-13-24(31-6)25(14-22)32-18-23(30)17-29(5)16-21-10-8-7-9-11-21/h7-14,23,27,30H,15-20H2,1-6H3/t23-/m1/s1. The number of methoxy groups -OCH3 is 1. The number of likely N-dealkylation sites (N-methyl/N-ethyl adjacent to an activating group) is 1. The molecule has 0 aromatic heterocycles. The van der Waals surface area contributed by atoms with Crippen molar-refractivity contribution in [1.29, 1.82) is 0 Å². The fourth-order valence-electron chi connectivity index (χ4n) is 3.96. The number of benzene rings is 2. The van der Waals surface area contributed by atoms with Gasteiger partial charge in [0, 0.05) is 32.7 Å². The van der Waals surface area contributed by atoms with Crippen LogP contribution in [0.25, 0.3) is 0 Å². The monoisotopic (exact) mass is 443 g/mol. The first-order chi connectivity index (χ1) is 15.2. The first kappa shape index (κ1) is 26.1. The molecule has 0 aliphatic rings. The fraction of sp³-hybridized carbons (Fsp3) is 0.538. The summed E-state index contributed by atoms with van der Waals surface area (Å²) >= 11 is 0. The van der Waals surface area contributed by atoms with E-state index < -0.39 is 6.10 Å². The number of hydrogen-bond acceptors (Lipinski definition) is 6. The largest absolute Gasteiger partial charge is 0.493 e. The van der Waals surface area contributed by atoms with E-state index in [1.807, 2.05) is 43.4 Å². The van der Waals surface area contributed by atoms with Gasteiger partial charge in [0.25, 0.3) is 0 Å². The zero-order valence-electron chi connectivity index (χ0n) is 20.6. The first-order valence-corrected chi connectivity index (χ1v) is 11.2. The van der Waals surface area contributed by atoms with Crippen molar-refractivity contribution >= 4 is 0 Å². The summed E-state index contributed by atoms with van der Waals surface area (Å²) in [4.78, 5) is 4.31. The molecule has 6 nitrogen and oxygen atoms in total. The van der Waals surface area contributed by atoms with Gasteiger partial charge in [0.2, 0.25) is 0 Å². The lowest BCUT2D eigenvalue weighted by Gasteiger charge is -2.28. The van der Waals surface area contributed by atoms with Crippen molar-refractivity contribution in [2.75, 3.05) is 54.5 Å². The predicted octanol–water partition coefficient (Wildman–Crippen LogP) is 3.24. The van der Waals surface area contributed by atoms with Crippen LogP contribution >= 0.6 is 0 Å². The number of nitrogens with one attached hydrogen (secondary N) is 1. The molecule has 0 spiro atoms. The molecule has 178 valence electrons. The second kappa shape index (κ2) is 12.8. The molecule has 2 aromatic carbocycles. The Labute approximate surface area is 194 Å². The summed E-state index contributed by atoms with van der Waals surface area (Å²) in [6, 6.07) is 16.2. The van der Waals surface area contributed by atoms with E-state index in [4.69, 9.17) is 9.47 Å². The maximum atomic E-state index is 10.5. The average molecular weight is 444 g/mol. The summed E-state index contributed by atoms with van der Waals surface area (Å²) in [5.74, 6) is 1.33. The number of aliphatic hydroxyl groups is 1. The first-order valence-electron chi connectivity index (χ1n) is 11.2. The maximum Gasteiger partial charge on any atom is 0.161 e. The average Bonchev–Trinajstić information content (AvgIpc) is 2.72. The van der Waals surface area contributed by atoms with Crippen LogP contribution in [0.3, 0.4) is 0 Å². The molecule has 0 bridgehead atoms. The van der Waals surface area contributed by atoms with Crippen LogP contribution in [0.5, 0.6) is 11.5 Å². The molecule has 1 atom stereocenters. The second-order valence-corrected chi connectivity index (χ2v) is 9.64. The Kier molecular flexibility index (Phi) is 10.5. The van der Waals surface area contributed by atoms with Gasteiger partial charge in [-0.15, -0.1) is 0 Å². The Morgan fingerprint density at radius 1 is 1.00 bits per heavy atom. The van der Waals surface area contributed by atoms with Gasteiger partial charge in [-0.25, -0.2) is 0 Å². The van der Waals surface area contributed by atoms with Gasteiger partial charge in [0.1, 0.15) is 12.7 Å². The van der Waals surface area contributed by atoms with Crippen LogP contribution in [0, 0.1) is 5.41 Å². The molecule has 2 rings (SSSR count). The Hall–Kier alpha value is -2.12. The highest BCUT2D eigenvalue weighted by Gasteiger charge is 2.18. The molecule has 0 amide bonds. The maximum absolute atomic E-state index is 10.5. The van der Waals surface area contributed by atoms with Crippen molar-refractivity contribution in [2.45, 2.75) is 33.0 Å². The lowest BCUT2D eigenvalue weighted by Crippen LogP contribution is -2.37. The van der Waals surface area contributed by atoms with E-state index >= 15 is 0 Å². The summed E-state index contributed by atoms with van der Waals surface area (Å²) in [5, 5.41) is 14.0. The van der Waals surface area contributed by atoms with Crippen LogP contribution in [0.2, 0.25) is 0 Å². The Morgan fingerprint density at radius 2 is 1.72 bits per heavy atom. The number of aliphatic hydroxyl groups excluding tert-OH is 1. The predicted molar refractivity (Wildman–Crippen MR) is 131 cm³/mol. The minimum atomic E-state index is -0.595. The topological polar surface area (TPSA) is 57.2 Å². The zero-order chi connectivity index (χ0) is 23.6. The highest BCUT2D eigenvalue weighted by molar-refractivity contribution is 5.43. The van der Waals surface area contributed by atoms with Gasteiger partial charge in [-0.05, 0) is 49.8 Å². The quantitative estimate of drug-likeness (QED) is 0.468. The van der Waals surface area contributed by atoms with Crippen molar-refractivity contribution in [3.8, 4) is 11.5 Å². The molecule has 0 unspecified atom stereocenters. The molecule has 32 heavy (non-hydrogen) atoms. The van der Waals surface area contributed by atoms with Gasteiger partial charge in [0.15, 0.2) is 11.5 Å². The van der Waals surface area contributed by atoms with Crippen LogP contribution in [0.1, 0.15) is 25.0 Å². The highest BCUT2D eigenvalue weighted by Crippen LogP contribution is 2.28. The Bertz CT molecular complexity index is 796. The summed E-state index contributed by atoms with van der Waals surface area (Å²) < 4.78 is 11.4. The highest BCUT2D eigenvalue weighted by atomic mass is 16.5. The van der Waals surface area contributed by atoms with E-state index in [1.54, 1.807) is 7.11 Å². The molecule has 2 N–H and O–H groups in total. The van der Waals surface area contributed by atoms with Crippen molar-refractivity contribution in [3.63, 3.8) is 0 Å². The van der Waals surface area contributed by atoms with Crippen LogP contribution in [-0.2, 0) is 13.1 Å². The third-order valence-electron chi connectivity index (χ3n) is 5.15. The fourth-order valence-corrected chi connectivity index (χ4v) is 3.96. The summed E-state index contributed by atoms with van der Waals surface area (Å²) in [7, 11) is 7.83. The molecule has 0 aliphatic heterocycles. The molecular weight excluding hydrogens is 402 g/mol. The molecule has 6 heteroatoms. The number of ether oxygens (including phenoxy) is 2. The van der Waals surface area contributed by atoms with E-state index in [0.717, 1.165) is 31.7 Å². The van der Waals surface area contributed by atoms with Crippen molar-refractivity contribution < 1.29 is 14.6 Å². The molecule has 0 saturated heterocycles. The van der Waals surface area contributed by atoms with Crippen molar-refractivity contribution in [2.24, 2.45) is 5.41 Å². The molecule has 2 aromatic rings. The molecule has 0 aliphatic carbocycles. The van der Waals surface area contributed by atoms with Crippen LogP contribution in [0.15, 0.2) is 48.5 Å². The zero-order valence-corrected chi connectivity index (χ0v) is 20.6. The van der Waals surface area contributed by atoms with Crippen LogP contribution < -0.4 is 14.8 Å². The Balaban J connectivity index is 1.86. The second-order valence-electron chi connectivity index (χ2n) is 9.64. The number of rotatable bonds is 14. The lowest BCUT2D eigenvalue weighted by molar-refractivity contribution is 0.0732. The summed E-state index contributed by atoms with van der Waals surface area (Å²) in [6.45, 7) is 8.73. The molecule has 0 radical (unpaired) electrons. The van der Waals surface area contributed by atoms with E-state index in [1.165, 1.54) is 5.56 Å².